The SMILES string of the molecule is CCN(CCn1cccn1)C(=O)NC1CC(=O)N(c2ccc(OC)cc2)C1. The minimum atomic E-state index is -0.203. The van der Waals surface area contributed by atoms with Crippen molar-refractivity contribution < 1.29 is 14.3 Å². The van der Waals surface area contributed by atoms with Crippen molar-refractivity contribution in [2.45, 2.75) is 25.9 Å². The summed E-state index contributed by atoms with van der Waals surface area (Å²) in [6.07, 6.45) is 3.89. The third-order valence-corrected chi connectivity index (χ3v) is 4.66. The number of aromatic nitrogens is 2. The van der Waals surface area contributed by atoms with Gasteiger partial charge in [-0.25, -0.2) is 4.79 Å². The van der Waals surface area contributed by atoms with E-state index in [4.69, 9.17) is 4.74 Å². The van der Waals surface area contributed by atoms with Crippen LogP contribution in [0.5, 0.6) is 5.75 Å². The van der Waals surface area contributed by atoms with E-state index in [2.05, 4.69) is 10.4 Å². The van der Waals surface area contributed by atoms with Crippen LogP contribution >= 0.6 is 0 Å². The standard InChI is InChI=1S/C19H25N5O3/c1-3-22(11-12-23-10-4-9-20-23)19(26)21-15-13-18(25)24(14-15)16-5-7-17(27-2)8-6-16/h4-10,15H,3,11-14H2,1-2H3,(H,21,26). The number of amides is 3. The number of benzene rings is 1. The van der Waals surface area contributed by atoms with Crippen LogP contribution in [0.2, 0.25) is 0 Å². The third-order valence-electron chi connectivity index (χ3n) is 4.66. The maximum atomic E-state index is 12.6. The van der Waals surface area contributed by atoms with Crippen LogP contribution in [0.3, 0.4) is 0 Å². The van der Waals surface area contributed by atoms with Crippen LogP contribution in [-0.2, 0) is 11.3 Å². The van der Waals surface area contributed by atoms with Gasteiger partial charge in [-0.3, -0.25) is 9.48 Å². The molecule has 0 spiro atoms. The number of carbonyl (C=O) groups is 2. The molecule has 1 N–H and O–H groups in total. The van der Waals surface area contributed by atoms with E-state index in [1.807, 2.05) is 43.5 Å². The second-order valence-corrected chi connectivity index (χ2v) is 6.40. The molecule has 3 rings (SSSR count). The van der Waals surface area contributed by atoms with Crippen LogP contribution in [0.1, 0.15) is 13.3 Å². The maximum Gasteiger partial charge on any atom is 0.317 e. The number of nitrogens with zero attached hydrogens (tertiary/aromatic N) is 4. The predicted octanol–water partition coefficient (Wildman–Crippen LogP) is 1.73. The normalized spacial score (nSPS) is 16.4. The van der Waals surface area contributed by atoms with Gasteiger partial charge in [0.15, 0.2) is 0 Å². The number of hydrogen-bond acceptors (Lipinski definition) is 4. The number of rotatable bonds is 7. The van der Waals surface area contributed by atoms with Gasteiger partial charge in [-0.05, 0) is 37.3 Å². The van der Waals surface area contributed by atoms with E-state index in [1.165, 1.54) is 0 Å². The summed E-state index contributed by atoms with van der Waals surface area (Å²) in [5, 5.41) is 7.13. The number of nitrogens with one attached hydrogen (secondary N) is 1. The second kappa shape index (κ2) is 8.57. The number of anilines is 1. The van der Waals surface area contributed by atoms with Crippen molar-refractivity contribution in [1.29, 1.82) is 0 Å². The summed E-state index contributed by atoms with van der Waals surface area (Å²) in [7, 11) is 1.60. The minimum absolute atomic E-state index is 0.00468. The average Bonchev–Trinajstić information content (AvgIpc) is 3.32. The van der Waals surface area contributed by atoms with Crippen LogP contribution in [0, 0.1) is 0 Å². The zero-order valence-corrected chi connectivity index (χ0v) is 15.7. The van der Waals surface area contributed by atoms with Gasteiger partial charge in [0.1, 0.15) is 5.75 Å². The molecule has 0 saturated carbocycles. The number of likely N-dealkylation sites (N-methyl/N-ethyl adjacent to an activating group) is 1. The van der Waals surface area contributed by atoms with Crippen molar-refractivity contribution >= 4 is 17.6 Å². The zero-order valence-electron chi connectivity index (χ0n) is 15.7. The molecule has 0 radical (unpaired) electrons. The fraction of sp³-hybridized carbons (Fsp3) is 0.421. The fourth-order valence-electron chi connectivity index (χ4n) is 3.14. The van der Waals surface area contributed by atoms with E-state index in [9.17, 15) is 9.59 Å². The highest BCUT2D eigenvalue weighted by molar-refractivity contribution is 5.96. The molecule has 0 bridgehead atoms. The molecule has 1 aromatic carbocycles. The van der Waals surface area contributed by atoms with Gasteiger partial charge in [0.05, 0.1) is 19.7 Å². The van der Waals surface area contributed by atoms with Gasteiger partial charge < -0.3 is 19.9 Å². The molecule has 1 aromatic heterocycles. The Kier molecular flexibility index (Phi) is 5.95. The molecule has 1 fully saturated rings. The van der Waals surface area contributed by atoms with E-state index < -0.39 is 0 Å². The Labute approximate surface area is 158 Å². The van der Waals surface area contributed by atoms with Gasteiger partial charge in [0.25, 0.3) is 0 Å². The van der Waals surface area contributed by atoms with Crippen molar-refractivity contribution in [2.75, 3.05) is 31.6 Å². The molecule has 1 unspecified atom stereocenters. The molecule has 1 saturated heterocycles. The van der Waals surface area contributed by atoms with Crippen molar-refractivity contribution in [2.24, 2.45) is 0 Å². The van der Waals surface area contributed by atoms with Gasteiger partial charge in [0.2, 0.25) is 5.91 Å². The van der Waals surface area contributed by atoms with E-state index in [1.54, 1.807) is 27.8 Å². The third kappa shape index (κ3) is 4.58. The van der Waals surface area contributed by atoms with Crippen molar-refractivity contribution in [3.63, 3.8) is 0 Å². The molecule has 1 atom stereocenters. The Morgan fingerprint density at radius 3 is 2.78 bits per heavy atom. The highest BCUT2D eigenvalue weighted by atomic mass is 16.5. The number of hydrogen-bond donors (Lipinski definition) is 1. The first kappa shape index (κ1) is 18.8. The topological polar surface area (TPSA) is 79.7 Å². The number of methoxy groups -OCH3 is 1. The second-order valence-electron chi connectivity index (χ2n) is 6.40. The first-order valence-corrected chi connectivity index (χ1v) is 9.08. The molecular weight excluding hydrogens is 346 g/mol. The molecule has 3 amide bonds. The minimum Gasteiger partial charge on any atom is -0.497 e. The van der Waals surface area contributed by atoms with E-state index in [0.29, 0.717) is 32.6 Å². The van der Waals surface area contributed by atoms with E-state index >= 15 is 0 Å². The number of ether oxygens (including phenoxy) is 1. The van der Waals surface area contributed by atoms with Crippen molar-refractivity contribution in [3.8, 4) is 5.75 Å². The van der Waals surface area contributed by atoms with Crippen LogP contribution in [0.15, 0.2) is 42.7 Å². The Hall–Kier alpha value is -3.03. The van der Waals surface area contributed by atoms with Gasteiger partial charge in [-0.2, -0.15) is 5.10 Å². The fourth-order valence-corrected chi connectivity index (χ4v) is 3.14. The van der Waals surface area contributed by atoms with Gasteiger partial charge in [-0.1, -0.05) is 0 Å². The molecule has 1 aliphatic rings. The average molecular weight is 371 g/mol. The largest absolute Gasteiger partial charge is 0.497 e. The van der Waals surface area contributed by atoms with Gasteiger partial charge in [0, 0.05) is 44.1 Å². The summed E-state index contributed by atoms with van der Waals surface area (Å²) in [6.45, 7) is 4.19. The Morgan fingerprint density at radius 1 is 1.37 bits per heavy atom. The van der Waals surface area contributed by atoms with E-state index in [-0.39, 0.29) is 18.0 Å². The Balaban J connectivity index is 1.55. The Bertz CT molecular complexity index is 760. The van der Waals surface area contributed by atoms with Crippen molar-refractivity contribution in [1.82, 2.24) is 20.0 Å². The summed E-state index contributed by atoms with van der Waals surface area (Å²) in [5.74, 6) is 0.746. The van der Waals surface area contributed by atoms with E-state index in [0.717, 1.165) is 11.4 Å². The lowest BCUT2D eigenvalue weighted by molar-refractivity contribution is -0.117. The molecule has 2 aromatic rings. The number of urea groups is 1. The number of carbonyl (C=O) groups excluding carboxylic acids is 2. The summed E-state index contributed by atoms with van der Waals surface area (Å²) in [5.41, 5.74) is 0.809. The molecular formula is C19H25N5O3. The predicted molar refractivity (Wildman–Crippen MR) is 102 cm³/mol. The molecule has 1 aliphatic heterocycles. The van der Waals surface area contributed by atoms with Crippen LogP contribution in [-0.4, -0.2) is 59.4 Å². The molecule has 144 valence electrons. The molecule has 2 heterocycles. The maximum absolute atomic E-state index is 12.6. The lowest BCUT2D eigenvalue weighted by atomic mass is 10.2. The first-order valence-electron chi connectivity index (χ1n) is 9.08. The zero-order chi connectivity index (χ0) is 19.2. The van der Waals surface area contributed by atoms with Gasteiger partial charge >= 0.3 is 6.03 Å². The first-order chi connectivity index (χ1) is 13.1. The monoisotopic (exact) mass is 371 g/mol. The molecule has 27 heavy (non-hydrogen) atoms. The van der Waals surface area contributed by atoms with Crippen LogP contribution in [0.25, 0.3) is 0 Å². The van der Waals surface area contributed by atoms with Crippen LogP contribution in [0.4, 0.5) is 10.5 Å². The summed E-state index contributed by atoms with van der Waals surface area (Å²) in [4.78, 5) is 28.3. The Morgan fingerprint density at radius 2 is 2.15 bits per heavy atom. The smallest absolute Gasteiger partial charge is 0.317 e. The molecule has 8 nitrogen and oxygen atoms in total. The molecule has 0 aliphatic carbocycles. The summed E-state index contributed by atoms with van der Waals surface area (Å²) < 4.78 is 6.94. The summed E-state index contributed by atoms with van der Waals surface area (Å²) >= 11 is 0. The van der Waals surface area contributed by atoms with Gasteiger partial charge in [-0.15, -0.1) is 0 Å². The van der Waals surface area contributed by atoms with Crippen LogP contribution < -0.4 is 15.0 Å². The lowest BCUT2D eigenvalue weighted by Gasteiger charge is -2.24. The highest BCUT2D eigenvalue weighted by Gasteiger charge is 2.32. The molecule has 8 heteroatoms. The highest BCUT2D eigenvalue weighted by Crippen LogP contribution is 2.24. The quantitative estimate of drug-likeness (QED) is 0.804. The lowest BCUT2D eigenvalue weighted by Crippen LogP contribution is -2.46. The van der Waals surface area contributed by atoms with Crippen molar-refractivity contribution in [3.05, 3.63) is 42.7 Å². The summed E-state index contributed by atoms with van der Waals surface area (Å²) in [6, 6.07) is 8.84.